The molecule has 0 unspecified atom stereocenters. The molecular formula is C20H26F2IN3O3. The summed E-state index contributed by atoms with van der Waals surface area (Å²) in [6, 6.07) is 14.5. The van der Waals surface area contributed by atoms with Crippen LogP contribution in [0, 0.1) is 0 Å². The quantitative estimate of drug-likeness (QED) is 0.214. The first-order valence-corrected chi connectivity index (χ1v) is 8.96. The fourth-order valence-electron chi connectivity index (χ4n) is 2.45. The largest absolute Gasteiger partial charge is 0.492 e. The van der Waals surface area contributed by atoms with E-state index in [-0.39, 0.29) is 42.0 Å². The number of nitrogens with one attached hydrogen (secondary N) is 2. The molecule has 9 heteroatoms. The van der Waals surface area contributed by atoms with Crippen molar-refractivity contribution in [3.05, 3.63) is 54.1 Å². The van der Waals surface area contributed by atoms with Crippen molar-refractivity contribution in [3.63, 3.8) is 0 Å². The third-order valence-electron chi connectivity index (χ3n) is 3.64. The van der Waals surface area contributed by atoms with Crippen molar-refractivity contribution in [2.24, 2.45) is 4.99 Å². The molecule has 0 atom stereocenters. The van der Waals surface area contributed by atoms with Gasteiger partial charge in [-0.25, -0.2) is 0 Å². The van der Waals surface area contributed by atoms with Crippen molar-refractivity contribution in [2.75, 3.05) is 26.8 Å². The summed E-state index contributed by atoms with van der Waals surface area (Å²) < 4.78 is 41.2. The summed E-state index contributed by atoms with van der Waals surface area (Å²) in [6.07, 6.45) is 0. The van der Waals surface area contributed by atoms with Crippen LogP contribution < -0.4 is 24.8 Å². The topological polar surface area (TPSA) is 64.1 Å². The second-order valence-electron chi connectivity index (χ2n) is 5.57. The lowest BCUT2D eigenvalue weighted by molar-refractivity contribution is -0.0520. The van der Waals surface area contributed by atoms with E-state index in [1.54, 1.807) is 32.2 Å². The van der Waals surface area contributed by atoms with Crippen LogP contribution in [0.3, 0.4) is 0 Å². The van der Waals surface area contributed by atoms with Crippen LogP contribution in [0.15, 0.2) is 53.5 Å². The van der Waals surface area contributed by atoms with Gasteiger partial charge in [-0.3, -0.25) is 4.99 Å². The molecule has 0 saturated heterocycles. The molecule has 0 bridgehead atoms. The summed E-state index contributed by atoms with van der Waals surface area (Å²) in [5, 5.41) is 6.17. The zero-order chi connectivity index (χ0) is 20.2. The number of aliphatic imine (C=N–C) groups is 1. The molecule has 0 aliphatic carbocycles. The highest BCUT2D eigenvalue weighted by Crippen LogP contribution is 2.32. The van der Waals surface area contributed by atoms with Gasteiger partial charge in [0.15, 0.2) is 17.5 Å². The Labute approximate surface area is 186 Å². The van der Waals surface area contributed by atoms with Crippen LogP contribution in [0.4, 0.5) is 8.78 Å². The maximum atomic E-state index is 12.8. The van der Waals surface area contributed by atoms with E-state index in [1.807, 2.05) is 30.3 Å². The van der Waals surface area contributed by atoms with Gasteiger partial charge in [-0.15, -0.1) is 24.0 Å². The monoisotopic (exact) mass is 521 g/mol. The highest BCUT2D eigenvalue weighted by Gasteiger charge is 2.15. The molecule has 6 nitrogen and oxygen atoms in total. The first-order chi connectivity index (χ1) is 13.6. The predicted octanol–water partition coefficient (Wildman–Crippen LogP) is 4.05. The number of hydrogen-bond acceptors (Lipinski definition) is 4. The zero-order valence-electron chi connectivity index (χ0n) is 16.4. The van der Waals surface area contributed by atoms with Crippen LogP contribution in [0.1, 0.15) is 12.5 Å². The number of nitrogens with zero attached hydrogens (tertiary/aromatic N) is 1. The average molecular weight is 521 g/mol. The van der Waals surface area contributed by atoms with Gasteiger partial charge in [0.05, 0.1) is 13.2 Å². The highest BCUT2D eigenvalue weighted by molar-refractivity contribution is 14.0. The first kappa shape index (κ1) is 24.7. The summed E-state index contributed by atoms with van der Waals surface area (Å²) in [5.41, 5.74) is 0.537. The van der Waals surface area contributed by atoms with Gasteiger partial charge < -0.3 is 24.8 Å². The third kappa shape index (κ3) is 8.71. The zero-order valence-corrected chi connectivity index (χ0v) is 18.7. The molecule has 160 valence electrons. The highest BCUT2D eigenvalue weighted by atomic mass is 127. The lowest BCUT2D eigenvalue weighted by Gasteiger charge is -2.17. The van der Waals surface area contributed by atoms with Crippen LogP contribution in [-0.2, 0) is 6.54 Å². The summed E-state index contributed by atoms with van der Waals surface area (Å²) in [4.78, 5) is 4.12. The minimum Gasteiger partial charge on any atom is -0.492 e. The molecule has 0 amide bonds. The van der Waals surface area contributed by atoms with Crippen LogP contribution in [0.5, 0.6) is 17.2 Å². The van der Waals surface area contributed by atoms with Crippen molar-refractivity contribution in [2.45, 2.75) is 20.1 Å². The van der Waals surface area contributed by atoms with Crippen molar-refractivity contribution < 1.29 is 23.0 Å². The number of guanidine groups is 1. The van der Waals surface area contributed by atoms with Gasteiger partial charge in [-0.05, 0) is 25.1 Å². The fraction of sp³-hybridized carbons (Fsp3) is 0.350. The van der Waals surface area contributed by atoms with Crippen LogP contribution >= 0.6 is 24.0 Å². The molecule has 2 aromatic rings. The van der Waals surface area contributed by atoms with E-state index in [2.05, 4.69) is 20.4 Å². The van der Waals surface area contributed by atoms with Gasteiger partial charge in [-0.1, -0.05) is 30.3 Å². The van der Waals surface area contributed by atoms with E-state index in [1.165, 1.54) is 0 Å². The SMILES string of the molecule is CCOc1cccc(CNC(=NC)NCCOc2ccccc2)c1OC(F)F.I. The summed E-state index contributed by atoms with van der Waals surface area (Å²) in [7, 11) is 1.63. The van der Waals surface area contributed by atoms with Gasteiger partial charge in [-0.2, -0.15) is 8.78 Å². The van der Waals surface area contributed by atoms with Gasteiger partial charge in [0.25, 0.3) is 0 Å². The Hall–Kier alpha value is -2.30. The molecule has 0 aliphatic heterocycles. The molecule has 2 rings (SSSR count). The van der Waals surface area contributed by atoms with E-state index < -0.39 is 6.61 Å². The number of alkyl halides is 2. The fourth-order valence-corrected chi connectivity index (χ4v) is 2.45. The molecule has 29 heavy (non-hydrogen) atoms. The number of hydrogen-bond donors (Lipinski definition) is 2. The second-order valence-corrected chi connectivity index (χ2v) is 5.57. The third-order valence-corrected chi connectivity index (χ3v) is 3.64. The van der Waals surface area contributed by atoms with E-state index in [9.17, 15) is 8.78 Å². The average Bonchev–Trinajstić information content (AvgIpc) is 2.70. The molecule has 0 radical (unpaired) electrons. The molecule has 0 aliphatic rings. The summed E-state index contributed by atoms with van der Waals surface area (Å²) >= 11 is 0. The molecule has 0 saturated carbocycles. The second kappa shape index (κ2) is 13.8. The van der Waals surface area contributed by atoms with Crippen molar-refractivity contribution in [3.8, 4) is 17.2 Å². The maximum absolute atomic E-state index is 12.8. The van der Waals surface area contributed by atoms with Crippen molar-refractivity contribution in [1.29, 1.82) is 0 Å². The number of ether oxygens (including phenoxy) is 3. The van der Waals surface area contributed by atoms with E-state index in [0.717, 1.165) is 5.75 Å². The van der Waals surface area contributed by atoms with Crippen LogP contribution in [-0.4, -0.2) is 39.4 Å². The Morgan fingerprint density at radius 2 is 1.79 bits per heavy atom. The minimum absolute atomic E-state index is 0. The molecule has 0 fully saturated rings. The molecule has 2 aromatic carbocycles. The molecular weight excluding hydrogens is 495 g/mol. The summed E-state index contributed by atoms with van der Waals surface area (Å²) in [6.45, 7) is 0.398. The van der Waals surface area contributed by atoms with Crippen molar-refractivity contribution >= 4 is 29.9 Å². The molecule has 2 N–H and O–H groups in total. The lowest BCUT2D eigenvalue weighted by atomic mass is 10.2. The van der Waals surface area contributed by atoms with Gasteiger partial charge in [0.2, 0.25) is 0 Å². The van der Waals surface area contributed by atoms with Gasteiger partial charge in [0, 0.05) is 19.2 Å². The molecule has 0 aromatic heterocycles. The molecule has 0 heterocycles. The lowest BCUT2D eigenvalue weighted by Crippen LogP contribution is -2.39. The number of rotatable bonds is 10. The Balaban J connectivity index is 0.00000420. The van der Waals surface area contributed by atoms with Crippen LogP contribution in [0.2, 0.25) is 0 Å². The van der Waals surface area contributed by atoms with E-state index >= 15 is 0 Å². The Morgan fingerprint density at radius 3 is 2.45 bits per heavy atom. The number of halogens is 3. The number of benzene rings is 2. The van der Waals surface area contributed by atoms with Gasteiger partial charge >= 0.3 is 6.61 Å². The Kier molecular flexibility index (Phi) is 11.8. The Bertz CT molecular complexity index is 749. The van der Waals surface area contributed by atoms with E-state index in [4.69, 9.17) is 9.47 Å². The first-order valence-electron chi connectivity index (χ1n) is 8.96. The standard InChI is InChI=1S/C20H25F2N3O3.HI/c1-3-26-17-11-7-8-15(18(17)28-19(21)22)14-25-20(23-2)24-12-13-27-16-9-5-4-6-10-16;/h4-11,19H,3,12-14H2,1-2H3,(H2,23,24,25);1H. The summed E-state index contributed by atoms with van der Waals surface area (Å²) in [5.74, 6) is 1.60. The van der Waals surface area contributed by atoms with Gasteiger partial charge in [0.1, 0.15) is 12.4 Å². The van der Waals surface area contributed by atoms with Crippen LogP contribution in [0.25, 0.3) is 0 Å². The Morgan fingerprint density at radius 1 is 1.03 bits per heavy atom. The normalized spacial score (nSPS) is 10.9. The number of para-hydroxylation sites is 2. The predicted molar refractivity (Wildman–Crippen MR) is 120 cm³/mol. The smallest absolute Gasteiger partial charge is 0.387 e. The van der Waals surface area contributed by atoms with E-state index in [0.29, 0.717) is 31.3 Å². The molecule has 0 spiro atoms. The minimum atomic E-state index is -2.94. The van der Waals surface area contributed by atoms with Crippen molar-refractivity contribution in [1.82, 2.24) is 10.6 Å². The maximum Gasteiger partial charge on any atom is 0.387 e.